The molecule has 1 aliphatic heterocycles. The van der Waals surface area contributed by atoms with E-state index < -0.39 is 0 Å². The number of ether oxygens (including phenoxy) is 1. The Morgan fingerprint density at radius 3 is 2.86 bits per heavy atom. The Labute approximate surface area is 87.8 Å². The van der Waals surface area contributed by atoms with E-state index in [4.69, 9.17) is 4.74 Å². The van der Waals surface area contributed by atoms with Crippen molar-refractivity contribution < 1.29 is 4.74 Å². The maximum atomic E-state index is 5.05. The Morgan fingerprint density at radius 2 is 2.14 bits per heavy atom. The van der Waals surface area contributed by atoms with Crippen LogP contribution in [0, 0.1) is 0 Å². The summed E-state index contributed by atoms with van der Waals surface area (Å²) in [4.78, 5) is 2.58. The van der Waals surface area contributed by atoms with Gasteiger partial charge in [-0.15, -0.1) is 0 Å². The summed E-state index contributed by atoms with van der Waals surface area (Å²) < 4.78 is 5.05. The Balaban J connectivity index is 2.14. The summed E-state index contributed by atoms with van der Waals surface area (Å²) >= 11 is 0. The lowest BCUT2D eigenvalue weighted by atomic mass is 10.1. The standard InChI is InChI=1S/C11H24N2O/c1-10-9-13(11(2)8-12-10)6-4-5-7-14-3/h10-12H,4-9H2,1-3H3. The SMILES string of the molecule is COCCCCN1CC(C)NCC1C. The lowest BCUT2D eigenvalue weighted by Crippen LogP contribution is -2.54. The molecule has 2 unspecified atom stereocenters. The van der Waals surface area contributed by atoms with Gasteiger partial charge in [-0.25, -0.2) is 0 Å². The molecule has 0 radical (unpaired) electrons. The van der Waals surface area contributed by atoms with Crippen molar-refractivity contribution >= 4 is 0 Å². The van der Waals surface area contributed by atoms with E-state index in [1.807, 2.05) is 0 Å². The number of methoxy groups -OCH3 is 1. The van der Waals surface area contributed by atoms with Gasteiger partial charge in [-0.05, 0) is 33.2 Å². The van der Waals surface area contributed by atoms with Crippen LogP contribution < -0.4 is 5.32 Å². The van der Waals surface area contributed by atoms with Gasteiger partial charge < -0.3 is 10.1 Å². The van der Waals surface area contributed by atoms with E-state index in [9.17, 15) is 0 Å². The summed E-state index contributed by atoms with van der Waals surface area (Å²) in [7, 11) is 1.77. The number of hydrogen-bond donors (Lipinski definition) is 1. The van der Waals surface area contributed by atoms with E-state index in [-0.39, 0.29) is 0 Å². The van der Waals surface area contributed by atoms with Crippen LogP contribution in [-0.4, -0.2) is 50.3 Å². The Kier molecular flexibility index (Phi) is 5.45. The van der Waals surface area contributed by atoms with Crippen LogP contribution in [0.15, 0.2) is 0 Å². The molecule has 3 nitrogen and oxygen atoms in total. The second kappa shape index (κ2) is 6.38. The molecule has 84 valence electrons. The summed E-state index contributed by atoms with van der Waals surface area (Å²) in [5.74, 6) is 0. The number of nitrogens with one attached hydrogen (secondary N) is 1. The van der Waals surface area contributed by atoms with Crippen molar-refractivity contribution in [3.63, 3.8) is 0 Å². The molecular formula is C11H24N2O. The van der Waals surface area contributed by atoms with Gasteiger partial charge in [0.15, 0.2) is 0 Å². The normalized spacial score (nSPS) is 29.4. The zero-order chi connectivity index (χ0) is 10.4. The first-order valence-electron chi connectivity index (χ1n) is 5.70. The molecule has 1 rings (SSSR count). The minimum Gasteiger partial charge on any atom is -0.385 e. The third-order valence-corrected chi connectivity index (χ3v) is 2.94. The van der Waals surface area contributed by atoms with Crippen LogP contribution in [0.25, 0.3) is 0 Å². The first kappa shape index (κ1) is 12.0. The largest absolute Gasteiger partial charge is 0.385 e. The molecule has 0 saturated carbocycles. The first-order chi connectivity index (χ1) is 6.74. The van der Waals surface area contributed by atoms with Crippen molar-refractivity contribution in [1.29, 1.82) is 0 Å². The van der Waals surface area contributed by atoms with E-state index >= 15 is 0 Å². The highest BCUT2D eigenvalue weighted by Crippen LogP contribution is 2.07. The van der Waals surface area contributed by atoms with Crippen LogP contribution in [0.2, 0.25) is 0 Å². The number of nitrogens with zero attached hydrogens (tertiary/aromatic N) is 1. The third kappa shape index (κ3) is 3.95. The molecule has 1 N–H and O–H groups in total. The van der Waals surface area contributed by atoms with Crippen LogP contribution in [-0.2, 0) is 4.74 Å². The third-order valence-electron chi connectivity index (χ3n) is 2.94. The van der Waals surface area contributed by atoms with E-state index in [0.29, 0.717) is 12.1 Å². The molecule has 0 aliphatic carbocycles. The topological polar surface area (TPSA) is 24.5 Å². The second-order valence-electron chi connectivity index (χ2n) is 4.35. The molecule has 0 aromatic carbocycles. The molecule has 1 aliphatic rings. The fraction of sp³-hybridized carbons (Fsp3) is 1.00. The fourth-order valence-corrected chi connectivity index (χ4v) is 1.97. The van der Waals surface area contributed by atoms with Crippen molar-refractivity contribution in [2.45, 2.75) is 38.8 Å². The Hall–Kier alpha value is -0.120. The average molecular weight is 200 g/mol. The highest BCUT2D eigenvalue weighted by molar-refractivity contribution is 4.80. The van der Waals surface area contributed by atoms with E-state index in [2.05, 4.69) is 24.1 Å². The smallest absolute Gasteiger partial charge is 0.0462 e. The van der Waals surface area contributed by atoms with Gasteiger partial charge in [0.25, 0.3) is 0 Å². The van der Waals surface area contributed by atoms with Gasteiger partial charge in [-0.1, -0.05) is 0 Å². The van der Waals surface area contributed by atoms with Gasteiger partial charge in [0, 0.05) is 38.9 Å². The fourth-order valence-electron chi connectivity index (χ4n) is 1.97. The van der Waals surface area contributed by atoms with Crippen molar-refractivity contribution in [2.75, 3.05) is 33.4 Å². The minimum atomic E-state index is 0.647. The number of unbranched alkanes of at least 4 members (excludes halogenated alkanes) is 1. The molecule has 1 heterocycles. The number of hydrogen-bond acceptors (Lipinski definition) is 3. The van der Waals surface area contributed by atoms with Crippen molar-refractivity contribution in [3.8, 4) is 0 Å². The molecule has 0 aromatic rings. The molecular weight excluding hydrogens is 176 g/mol. The summed E-state index contributed by atoms with van der Waals surface area (Å²) in [6.07, 6.45) is 2.44. The van der Waals surface area contributed by atoms with Crippen molar-refractivity contribution in [1.82, 2.24) is 10.2 Å². The monoisotopic (exact) mass is 200 g/mol. The predicted molar refractivity (Wildman–Crippen MR) is 59.6 cm³/mol. The average Bonchev–Trinajstić information content (AvgIpc) is 2.18. The zero-order valence-corrected chi connectivity index (χ0v) is 9.75. The molecule has 14 heavy (non-hydrogen) atoms. The predicted octanol–water partition coefficient (Wildman–Crippen LogP) is 1.10. The van der Waals surface area contributed by atoms with Gasteiger partial charge in [0.1, 0.15) is 0 Å². The molecule has 0 bridgehead atoms. The number of piperazine rings is 1. The maximum Gasteiger partial charge on any atom is 0.0462 e. The van der Waals surface area contributed by atoms with Crippen molar-refractivity contribution in [2.24, 2.45) is 0 Å². The van der Waals surface area contributed by atoms with Crippen LogP contribution in [0.1, 0.15) is 26.7 Å². The van der Waals surface area contributed by atoms with Crippen LogP contribution >= 0.6 is 0 Å². The summed E-state index contributed by atoms with van der Waals surface area (Å²) in [6.45, 7) is 9.00. The zero-order valence-electron chi connectivity index (χ0n) is 9.75. The number of rotatable bonds is 5. The summed E-state index contributed by atoms with van der Waals surface area (Å²) in [5, 5.41) is 3.50. The molecule has 0 amide bonds. The lowest BCUT2D eigenvalue weighted by molar-refractivity contribution is 0.135. The van der Waals surface area contributed by atoms with Crippen LogP contribution in [0.4, 0.5) is 0 Å². The molecule has 3 heteroatoms. The second-order valence-corrected chi connectivity index (χ2v) is 4.35. The van der Waals surface area contributed by atoms with Crippen LogP contribution in [0.3, 0.4) is 0 Å². The Morgan fingerprint density at radius 1 is 1.36 bits per heavy atom. The molecule has 0 aromatic heterocycles. The summed E-state index contributed by atoms with van der Waals surface area (Å²) in [6, 6.07) is 1.34. The quantitative estimate of drug-likeness (QED) is 0.673. The van der Waals surface area contributed by atoms with Crippen molar-refractivity contribution in [3.05, 3.63) is 0 Å². The minimum absolute atomic E-state index is 0.647. The van der Waals surface area contributed by atoms with Gasteiger partial charge >= 0.3 is 0 Å². The molecule has 1 saturated heterocycles. The van der Waals surface area contributed by atoms with E-state index in [0.717, 1.165) is 13.2 Å². The molecule has 0 spiro atoms. The molecule has 2 atom stereocenters. The van der Waals surface area contributed by atoms with Gasteiger partial charge in [0.05, 0.1) is 0 Å². The summed E-state index contributed by atoms with van der Waals surface area (Å²) in [5.41, 5.74) is 0. The lowest BCUT2D eigenvalue weighted by Gasteiger charge is -2.37. The highest BCUT2D eigenvalue weighted by Gasteiger charge is 2.21. The van der Waals surface area contributed by atoms with E-state index in [1.54, 1.807) is 7.11 Å². The van der Waals surface area contributed by atoms with Gasteiger partial charge in [-0.3, -0.25) is 4.90 Å². The van der Waals surface area contributed by atoms with E-state index in [1.165, 1.54) is 25.9 Å². The molecule has 1 fully saturated rings. The highest BCUT2D eigenvalue weighted by atomic mass is 16.5. The van der Waals surface area contributed by atoms with Crippen LogP contribution in [0.5, 0.6) is 0 Å². The maximum absolute atomic E-state index is 5.05. The first-order valence-corrected chi connectivity index (χ1v) is 5.70. The van der Waals surface area contributed by atoms with Gasteiger partial charge in [0.2, 0.25) is 0 Å². The Bertz CT molecular complexity index is 152. The van der Waals surface area contributed by atoms with Gasteiger partial charge in [-0.2, -0.15) is 0 Å².